The van der Waals surface area contributed by atoms with Gasteiger partial charge in [-0.2, -0.15) is 0 Å². The van der Waals surface area contributed by atoms with Crippen molar-refractivity contribution >= 4 is 0 Å². The third kappa shape index (κ3) is 2.40. The third-order valence-corrected chi connectivity index (χ3v) is 5.63. The molecule has 2 atom stereocenters. The fourth-order valence-corrected chi connectivity index (χ4v) is 4.31. The van der Waals surface area contributed by atoms with Gasteiger partial charge in [-0.15, -0.1) is 0 Å². The van der Waals surface area contributed by atoms with E-state index in [9.17, 15) is 0 Å². The highest BCUT2D eigenvalue weighted by molar-refractivity contribution is 5.25. The van der Waals surface area contributed by atoms with Gasteiger partial charge in [-0.1, -0.05) is 50.1 Å². The van der Waals surface area contributed by atoms with Crippen molar-refractivity contribution in [1.29, 1.82) is 0 Å². The Morgan fingerprint density at radius 3 is 2.60 bits per heavy atom. The van der Waals surface area contributed by atoms with Gasteiger partial charge in [0.15, 0.2) is 0 Å². The van der Waals surface area contributed by atoms with Crippen molar-refractivity contribution in [1.82, 2.24) is 0 Å². The Morgan fingerprint density at radius 1 is 1.25 bits per heavy atom. The maximum Gasteiger partial charge on any atom is 0.0686 e. The summed E-state index contributed by atoms with van der Waals surface area (Å²) in [5.74, 6) is 0.543. The second-order valence-corrected chi connectivity index (χ2v) is 6.69. The molecule has 2 fully saturated rings. The van der Waals surface area contributed by atoms with Gasteiger partial charge in [-0.3, -0.25) is 0 Å². The van der Waals surface area contributed by atoms with E-state index in [0.29, 0.717) is 5.92 Å². The summed E-state index contributed by atoms with van der Waals surface area (Å²) in [7, 11) is 0. The van der Waals surface area contributed by atoms with E-state index in [2.05, 4.69) is 37.3 Å². The van der Waals surface area contributed by atoms with Crippen LogP contribution in [-0.4, -0.2) is 12.2 Å². The zero-order valence-electron chi connectivity index (χ0n) is 12.6. The first-order valence-electron chi connectivity index (χ1n) is 8.17. The van der Waals surface area contributed by atoms with E-state index >= 15 is 0 Å². The largest absolute Gasteiger partial charge is 0.375 e. The van der Waals surface area contributed by atoms with Gasteiger partial charge in [0, 0.05) is 12.1 Å². The Kier molecular flexibility index (Phi) is 3.87. The van der Waals surface area contributed by atoms with Crippen LogP contribution in [0.5, 0.6) is 0 Å². The predicted molar refractivity (Wildman–Crippen MR) is 82.5 cm³/mol. The van der Waals surface area contributed by atoms with Crippen LogP contribution in [0.2, 0.25) is 0 Å². The molecule has 0 amide bonds. The first kappa shape index (κ1) is 14.1. The summed E-state index contributed by atoms with van der Waals surface area (Å²) >= 11 is 0. The van der Waals surface area contributed by atoms with Crippen molar-refractivity contribution in [2.24, 2.45) is 11.7 Å². The Bertz CT molecular complexity index is 438. The molecule has 1 aliphatic carbocycles. The van der Waals surface area contributed by atoms with Crippen LogP contribution in [-0.2, 0) is 10.3 Å². The lowest BCUT2D eigenvalue weighted by Crippen LogP contribution is -2.50. The Hall–Kier alpha value is -0.860. The number of benzene rings is 1. The summed E-state index contributed by atoms with van der Waals surface area (Å²) in [5.41, 5.74) is 8.14. The molecule has 1 aliphatic heterocycles. The fourth-order valence-electron chi connectivity index (χ4n) is 4.31. The molecule has 20 heavy (non-hydrogen) atoms. The molecule has 0 bridgehead atoms. The lowest BCUT2D eigenvalue weighted by molar-refractivity contribution is -0.106. The number of rotatable bonds is 3. The van der Waals surface area contributed by atoms with Gasteiger partial charge in [0.25, 0.3) is 0 Å². The minimum Gasteiger partial charge on any atom is -0.375 e. The first-order chi connectivity index (χ1) is 9.69. The molecule has 2 heteroatoms. The van der Waals surface area contributed by atoms with Crippen LogP contribution in [0.4, 0.5) is 0 Å². The lowest BCUT2D eigenvalue weighted by Gasteiger charge is -2.46. The maximum atomic E-state index is 6.89. The predicted octanol–water partition coefficient (Wildman–Crippen LogP) is 3.99. The van der Waals surface area contributed by atoms with Crippen LogP contribution >= 0.6 is 0 Å². The van der Waals surface area contributed by atoms with Crippen LogP contribution in [0, 0.1) is 5.92 Å². The third-order valence-electron chi connectivity index (χ3n) is 5.63. The van der Waals surface area contributed by atoms with Crippen LogP contribution in [0.15, 0.2) is 30.3 Å². The highest BCUT2D eigenvalue weighted by atomic mass is 16.5. The van der Waals surface area contributed by atoms with Gasteiger partial charge in [-0.25, -0.2) is 0 Å². The summed E-state index contributed by atoms with van der Waals surface area (Å²) in [5, 5.41) is 0. The SMILES string of the molecule is CCC(N)(c1ccccc1)C1CCOC2(CCCC2)C1. The highest BCUT2D eigenvalue weighted by Gasteiger charge is 2.46. The molecule has 1 saturated heterocycles. The van der Waals surface area contributed by atoms with Gasteiger partial charge in [0.1, 0.15) is 0 Å². The van der Waals surface area contributed by atoms with Crippen LogP contribution in [0.3, 0.4) is 0 Å². The normalized spacial score (nSPS) is 28.4. The molecule has 2 aliphatic rings. The Balaban J connectivity index is 1.85. The van der Waals surface area contributed by atoms with Crippen LogP contribution in [0.25, 0.3) is 0 Å². The summed E-state index contributed by atoms with van der Waals surface area (Å²) < 4.78 is 6.18. The van der Waals surface area contributed by atoms with Crippen LogP contribution in [0.1, 0.15) is 57.4 Å². The number of hydrogen-bond donors (Lipinski definition) is 1. The Labute approximate surface area is 122 Å². The van der Waals surface area contributed by atoms with Gasteiger partial charge >= 0.3 is 0 Å². The van der Waals surface area contributed by atoms with Crippen molar-refractivity contribution in [3.8, 4) is 0 Å². The number of ether oxygens (including phenoxy) is 1. The van der Waals surface area contributed by atoms with E-state index < -0.39 is 0 Å². The molecule has 1 aromatic carbocycles. The molecule has 1 aromatic rings. The first-order valence-corrected chi connectivity index (χ1v) is 8.17. The summed E-state index contributed by atoms with van der Waals surface area (Å²) in [6.45, 7) is 3.11. The molecule has 110 valence electrons. The molecule has 2 unspecified atom stereocenters. The molecule has 1 spiro atoms. The minimum absolute atomic E-state index is 0.150. The fraction of sp³-hybridized carbons (Fsp3) is 0.667. The summed E-state index contributed by atoms with van der Waals surface area (Å²) in [6, 6.07) is 10.7. The topological polar surface area (TPSA) is 35.2 Å². The smallest absolute Gasteiger partial charge is 0.0686 e. The minimum atomic E-state index is -0.194. The van der Waals surface area contributed by atoms with E-state index in [1.54, 1.807) is 0 Å². The molecule has 2 N–H and O–H groups in total. The maximum absolute atomic E-state index is 6.89. The average molecular weight is 273 g/mol. The van der Waals surface area contributed by atoms with E-state index in [0.717, 1.165) is 25.9 Å². The molecule has 1 saturated carbocycles. The quantitative estimate of drug-likeness (QED) is 0.903. The zero-order valence-corrected chi connectivity index (χ0v) is 12.6. The monoisotopic (exact) mass is 273 g/mol. The summed E-state index contributed by atoms with van der Waals surface area (Å²) in [4.78, 5) is 0. The standard InChI is InChI=1S/C18H27NO/c1-2-18(19,15-8-4-3-5-9-15)16-10-13-20-17(14-16)11-6-7-12-17/h3-5,8-9,16H,2,6-7,10-14,19H2,1H3. The molecular formula is C18H27NO. The second-order valence-electron chi connectivity index (χ2n) is 6.69. The van der Waals surface area contributed by atoms with Crippen molar-refractivity contribution in [2.75, 3.05) is 6.61 Å². The molecular weight excluding hydrogens is 246 g/mol. The second kappa shape index (κ2) is 5.50. The molecule has 2 nitrogen and oxygen atoms in total. The highest BCUT2D eigenvalue weighted by Crippen LogP contribution is 2.47. The van der Waals surface area contributed by atoms with Gasteiger partial charge in [-0.05, 0) is 43.6 Å². The Morgan fingerprint density at radius 2 is 1.95 bits per heavy atom. The van der Waals surface area contributed by atoms with E-state index in [1.807, 2.05) is 0 Å². The van der Waals surface area contributed by atoms with E-state index in [1.165, 1.54) is 31.2 Å². The molecule has 0 radical (unpaired) electrons. The van der Waals surface area contributed by atoms with Crippen molar-refractivity contribution in [3.63, 3.8) is 0 Å². The summed E-state index contributed by atoms with van der Waals surface area (Å²) in [6.07, 6.45) is 8.35. The number of nitrogens with two attached hydrogens (primary N) is 1. The zero-order chi connectivity index (χ0) is 14.1. The van der Waals surface area contributed by atoms with Crippen LogP contribution < -0.4 is 5.73 Å². The van der Waals surface area contributed by atoms with Crippen molar-refractivity contribution in [2.45, 2.75) is 63.0 Å². The molecule has 0 aromatic heterocycles. The number of hydrogen-bond acceptors (Lipinski definition) is 2. The average Bonchev–Trinajstić information content (AvgIpc) is 2.95. The van der Waals surface area contributed by atoms with Gasteiger partial charge in [0.2, 0.25) is 0 Å². The van der Waals surface area contributed by atoms with E-state index in [-0.39, 0.29) is 11.1 Å². The van der Waals surface area contributed by atoms with Crippen molar-refractivity contribution in [3.05, 3.63) is 35.9 Å². The van der Waals surface area contributed by atoms with Gasteiger partial charge < -0.3 is 10.5 Å². The van der Waals surface area contributed by atoms with E-state index in [4.69, 9.17) is 10.5 Å². The van der Waals surface area contributed by atoms with Crippen molar-refractivity contribution < 1.29 is 4.74 Å². The molecule has 1 heterocycles. The molecule has 3 rings (SSSR count). The van der Waals surface area contributed by atoms with Gasteiger partial charge in [0.05, 0.1) is 5.60 Å². The lowest BCUT2D eigenvalue weighted by atomic mass is 9.69.